The summed E-state index contributed by atoms with van der Waals surface area (Å²) >= 11 is 2.02. The molecule has 0 fully saturated rings. The number of amides is 2. The molecular formula is C26H15F6N3O4S2. The van der Waals surface area contributed by atoms with Crippen LogP contribution in [-0.2, 0) is 6.61 Å². The number of carbonyl (C=O) groups excluding carboxylic acids is 2. The number of benzene rings is 1. The molecule has 212 valence electrons. The Bertz CT molecular complexity index is 1810. The number of nitrogens with two attached hydrogens (primary N) is 1. The molecule has 0 bridgehead atoms. The summed E-state index contributed by atoms with van der Waals surface area (Å²) < 4.78 is 92.0. The lowest BCUT2D eigenvalue weighted by molar-refractivity contribution is 0.0992. The van der Waals surface area contributed by atoms with Crippen LogP contribution < -0.4 is 15.8 Å². The van der Waals surface area contributed by atoms with E-state index in [-0.39, 0.29) is 38.4 Å². The van der Waals surface area contributed by atoms with Gasteiger partial charge in [-0.25, -0.2) is 22.5 Å². The first kappa shape index (κ1) is 28.2. The number of nitrogens with zero attached hydrogens (tertiary/aromatic N) is 1. The zero-order valence-electron chi connectivity index (χ0n) is 20.5. The first-order chi connectivity index (χ1) is 19.4. The van der Waals surface area contributed by atoms with Crippen LogP contribution in [0.5, 0.6) is 5.75 Å². The molecule has 0 aliphatic rings. The van der Waals surface area contributed by atoms with Gasteiger partial charge in [0.2, 0.25) is 11.6 Å². The molecule has 0 spiro atoms. The third-order valence-electron chi connectivity index (χ3n) is 5.69. The van der Waals surface area contributed by atoms with E-state index in [4.69, 9.17) is 14.9 Å². The molecule has 41 heavy (non-hydrogen) atoms. The van der Waals surface area contributed by atoms with E-state index in [1.807, 2.05) is 6.92 Å². The van der Waals surface area contributed by atoms with Gasteiger partial charge in [0, 0.05) is 26.8 Å². The van der Waals surface area contributed by atoms with Crippen LogP contribution in [0, 0.1) is 30.2 Å². The van der Waals surface area contributed by atoms with Gasteiger partial charge in [-0.15, -0.1) is 22.7 Å². The zero-order valence-corrected chi connectivity index (χ0v) is 22.1. The normalized spacial score (nSPS) is 11.4. The van der Waals surface area contributed by atoms with Crippen molar-refractivity contribution in [1.29, 1.82) is 0 Å². The summed E-state index contributed by atoms with van der Waals surface area (Å²) in [5.74, 6) is -10.5. The van der Waals surface area contributed by atoms with Gasteiger partial charge in [-0.3, -0.25) is 9.59 Å². The molecule has 3 N–H and O–H groups in total. The molecular weight excluding hydrogens is 596 g/mol. The van der Waals surface area contributed by atoms with Crippen molar-refractivity contribution >= 4 is 50.4 Å². The highest BCUT2D eigenvalue weighted by Crippen LogP contribution is 2.44. The zero-order chi connectivity index (χ0) is 29.6. The average Bonchev–Trinajstić information content (AvgIpc) is 3.66. The Hall–Kier alpha value is -4.37. The van der Waals surface area contributed by atoms with E-state index in [1.165, 1.54) is 29.5 Å². The number of ether oxygens (including phenoxy) is 1. The number of hydrogen-bond acceptors (Lipinski definition) is 7. The van der Waals surface area contributed by atoms with Crippen molar-refractivity contribution in [2.75, 3.05) is 5.32 Å². The predicted octanol–water partition coefficient (Wildman–Crippen LogP) is 7.35. The summed E-state index contributed by atoms with van der Waals surface area (Å²) in [6, 6.07) is 7.04. The van der Waals surface area contributed by atoms with Crippen molar-refractivity contribution in [3.63, 3.8) is 0 Å². The van der Waals surface area contributed by atoms with Crippen LogP contribution in [0.4, 0.5) is 32.0 Å². The van der Waals surface area contributed by atoms with Crippen LogP contribution in [0.3, 0.4) is 0 Å². The number of aromatic nitrogens is 1. The molecule has 1 aromatic carbocycles. The van der Waals surface area contributed by atoms with E-state index in [0.717, 1.165) is 16.2 Å². The maximum absolute atomic E-state index is 13.9. The van der Waals surface area contributed by atoms with Crippen molar-refractivity contribution in [1.82, 2.24) is 4.98 Å². The minimum Gasteiger partial charge on any atom is -0.479 e. The first-order valence-electron chi connectivity index (χ1n) is 11.4. The molecule has 2 amide bonds. The number of aryl methyl sites for hydroxylation is 1. The van der Waals surface area contributed by atoms with Gasteiger partial charge in [-0.2, -0.15) is 8.78 Å². The van der Waals surface area contributed by atoms with Crippen LogP contribution in [0.15, 0.2) is 40.8 Å². The second kappa shape index (κ2) is 10.9. The van der Waals surface area contributed by atoms with Crippen molar-refractivity contribution in [2.45, 2.75) is 20.0 Å². The topological polar surface area (TPSA) is 107 Å². The lowest BCUT2D eigenvalue weighted by atomic mass is 10.1. The number of carbonyl (C=O) groups is 2. The largest absolute Gasteiger partial charge is 0.479 e. The van der Waals surface area contributed by atoms with Crippen LogP contribution in [0.1, 0.15) is 43.0 Å². The molecule has 4 heterocycles. The summed E-state index contributed by atoms with van der Waals surface area (Å²) in [5.41, 5.74) is 5.20. The number of furan rings is 1. The molecule has 7 nitrogen and oxygen atoms in total. The SMILES string of the molecule is Cc1ccc(-c2cc(C(F)F)nc3sc(C(N)=O)c(NC(=O)c4ccc(COc5c(F)c(F)cc(F)c5F)o4)c23)s1. The van der Waals surface area contributed by atoms with Gasteiger partial charge in [0.15, 0.2) is 23.1 Å². The van der Waals surface area contributed by atoms with Gasteiger partial charge in [0.1, 0.15) is 27.8 Å². The Morgan fingerprint density at radius 3 is 2.37 bits per heavy atom. The van der Waals surface area contributed by atoms with Crippen LogP contribution in [0.2, 0.25) is 0 Å². The fourth-order valence-electron chi connectivity index (χ4n) is 3.87. The van der Waals surface area contributed by atoms with E-state index in [1.54, 1.807) is 12.1 Å². The molecule has 0 saturated carbocycles. The van der Waals surface area contributed by atoms with Gasteiger partial charge >= 0.3 is 0 Å². The molecule has 0 radical (unpaired) electrons. The van der Waals surface area contributed by atoms with Crippen molar-refractivity contribution < 1.29 is 45.1 Å². The minimum atomic E-state index is -2.91. The Kier molecular flexibility index (Phi) is 7.48. The van der Waals surface area contributed by atoms with Gasteiger partial charge in [-0.1, -0.05) is 0 Å². The summed E-state index contributed by atoms with van der Waals surface area (Å²) in [5, 5.41) is 2.72. The molecule has 0 aliphatic carbocycles. The quantitative estimate of drug-likeness (QED) is 0.141. The molecule has 0 atom stereocenters. The molecule has 4 aromatic heterocycles. The highest BCUT2D eigenvalue weighted by atomic mass is 32.1. The number of thiophene rings is 2. The van der Waals surface area contributed by atoms with Gasteiger partial charge in [0.05, 0.1) is 5.69 Å². The van der Waals surface area contributed by atoms with Crippen LogP contribution >= 0.6 is 22.7 Å². The Labute approximate surface area is 234 Å². The smallest absolute Gasteiger partial charge is 0.291 e. The summed E-state index contributed by atoms with van der Waals surface area (Å²) in [4.78, 5) is 30.6. The third kappa shape index (κ3) is 5.37. The Balaban J connectivity index is 1.48. The lowest BCUT2D eigenvalue weighted by Gasteiger charge is -2.09. The second-order valence-corrected chi connectivity index (χ2v) is 10.7. The number of alkyl halides is 2. The number of primary amides is 1. The molecule has 0 aliphatic heterocycles. The first-order valence-corrected chi connectivity index (χ1v) is 13.1. The van der Waals surface area contributed by atoms with E-state index >= 15 is 0 Å². The number of fused-ring (bicyclic) bond motifs is 1. The number of rotatable bonds is 8. The fourth-order valence-corrected chi connectivity index (χ4v) is 5.77. The number of hydrogen-bond donors (Lipinski definition) is 2. The minimum absolute atomic E-state index is 0.0240. The third-order valence-corrected chi connectivity index (χ3v) is 7.82. The van der Waals surface area contributed by atoms with Crippen molar-refractivity contribution in [3.05, 3.63) is 86.6 Å². The summed E-state index contributed by atoms with van der Waals surface area (Å²) in [7, 11) is 0. The Morgan fingerprint density at radius 2 is 1.76 bits per heavy atom. The average molecular weight is 612 g/mol. The van der Waals surface area contributed by atoms with Crippen molar-refractivity contribution in [3.8, 4) is 16.2 Å². The monoisotopic (exact) mass is 611 g/mol. The molecule has 0 unspecified atom stereocenters. The summed E-state index contributed by atoms with van der Waals surface area (Å²) in [6.07, 6.45) is -2.91. The van der Waals surface area contributed by atoms with Crippen LogP contribution in [-0.4, -0.2) is 16.8 Å². The van der Waals surface area contributed by atoms with Crippen LogP contribution in [0.25, 0.3) is 20.7 Å². The number of nitrogens with one attached hydrogen (secondary N) is 1. The van der Waals surface area contributed by atoms with Gasteiger partial charge in [-0.05, 0) is 37.3 Å². The molecule has 15 heteroatoms. The van der Waals surface area contributed by atoms with E-state index in [0.29, 0.717) is 10.4 Å². The Morgan fingerprint density at radius 1 is 1.05 bits per heavy atom. The molecule has 5 rings (SSSR count). The molecule has 5 aromatic rings. The number of halogens is 6. The van der Waals surface area contributed by atoms with Gasteiger partial charge < -0.3 is 20.2 Å². The number of anilines is 1. The highest BCUT2D eigenvalue weighted by molar-refractivity contribution is 7.21. The van der Waals surface area contributed by atoms with E-state index < -0.39 is 59.6 Å². The maximum atomic E-state index is 13.9. The lowest BCUT2D eigenvalue weighted by Crippen LogP contribution is -2.16. The highest BCUT2D eigenvalue weighted by Gasteiger charge is 2.27. The van der Waals surface area contributed by atoms with E-state index in [9.17, 15) is 35.9 Å². The number of pyridine rings is 1. The summed E-state index contributed by atoms with van der Waals surface area (Å²) in [6.45, 7) is 1.11. The fraction of sp³-hybridized carbons (Fsp3) is 0.115. The maximum Gasteiger partial charge on any atom is 0.291 e. The molecule has 0 saturated heterocycles. The van der Waals surface area contributed by atoms with Crippen molar-refractivity contribution in [2.24, 2.45) is 5.73 Å². The van der Waals surface area contributed by atoms with Gasteiger partial charge in [0.25, 0.3) is 18.2 Å². The van der Waals surface area contributed by atoms with E-state index in [2.05, 4.69) is 10.3 Å². The predicted molar refractivity (Wildman–Crippen MR) is 138 cm³/mol. The second-order valence-electron chi connectivity index (χ2n) is 8.46. The standard InChI is InChI=1S/C26H15F6N3O4S2/c1-9-2-5-16(40-9)11-6-14(23(31)32)34-26-17(11)20(22(41-26)24(33)36)35-25(37)15-4-3-10(39-15)8-38-21-18(29)12(27)7-13(28)19(21)30/h2-7,23H,8H2,1H3,(H2,33,36)(H,35,37).